The quantitative estimate of drug-likeness (QED) is 0.667. The Balaban J connectivity index is 1.56. The zero-order valence-corrected chi connectivity index (χ0v) is 14.1. The molecular formula is C16H17N3O2S2. The Labute approximate surface area is 139 Å². The number of hydrogen-bond donors (Lipinski definition) is 1. The summed E-state index contributed by atoms with van der Waals surface area (Å²) < 4.78 is 35.6. The second-order valence-electron chi connectivity index (χ2n) is 5.23. The molecule has 0 aliphatic rings. The molecule has 7 heteroatoms. The van der Waals surface area contributed by atoms with E-state index in [2.05, 4.69) is 25.6 Å². The van der Waals surface area contributed by atoms with Crippen molar-refractivity contribution in [2.24, 2.45) is 0 Å². The van der Waals surface area contributed by atoms with Crippen molar-refractivity contribution in [1.82, 2.24) is 13.5 Å². The first-order valence-corrected chi connectivity index (χ1v) is 9.63. The van der Waals surface area contributed by atoms with E-state index in [1.807, 2.05) is 18.2 Å². The van der Waals surface area contributed by atoms with Crippen LogP contribution in [0.2, 0.25) is 0 Å². The minimum atomic E-state index is -3.55. The van der Waals surface area contributed by atoms with Gasteiger partial charge in [-0.25, -0.2) is 13.1 Å². The summed E-state index contributed by atoms with van der Waals surface area (Å²) >= 11 is 1.02. The highest BCUT2D eigenvalue weighted by atomic mass is 32.2. The molecule has 1 heterocycles. The minimum Gasteiger partial charge on any atom is -0.211 e. The number of rotatable bonds is 7. The van der Waals surface area contributed by atoms with Crippen LogP contribution in [0.25, 0.3) is 11.0 Å². The molecule has 120 valence electrons. The Morgan fingerprint density at radius 3 is 2.61 bits per heavy atom. The van der Waals surface area contributed by atoms with Gasteiger partial charge in [-0.2, -0.15) is 8.75 Å². The maximum absolute atomic E-state index is 12.4. The highest BCUT2D eigenvalue weighted by Gasteiger charge is 2.18. The molecule has 5 nitrogen and oxygen atoms in total. The lowest BCUT2D eigenvalue weighted by molar-refractivity contribution is 0.577. The lowest BCUT2D eigenvalue weighted by atomic mass is 10.1. The molecule has 0 amide bonds. The molecule has 0 saturated heterocycles. The monoisotopic (exact) mass is 347 g/mol. The average molecular weight is 347 g/mol. The van der Waals surface area contributed by atoms with E-state index in [0.717, 1.165) is 31.0 Å². The molecular weight excluding hydrogens is 330 g/mol. The highest BCUT2D eigenvalue weighted by Crippen LogP contribution is 2.20. The molecule has 0 saturated carbocycles. The van der Waals surface area contributed by atoms with Gasteiger partial charge in [0.25, 0.3) is 0 Å². The van der Waals surface area contributed by atoms with Crippen LogP contribution in [0.15, 0.2) is 53.4 Å². The molecule has 0 unspecified atom stereocenters. The first kappa shape index (κ1) is 16.0. The normalized spacial score (nSPS) is 11.8. The Morgan fingerprint density at radius 1 is 0.957 bits per heavy atom. The van der Waals surface area contributed by atoms with E-state index >= 15 is 0 Å². The fraction of sp³-hybridized carbons (Fsp3) is 0.250. The van der Waals surface area contributed by atoms with Crippen molar-refractivity contribution in [3.05, 3.63) is 54.1 Å². The molecule has 0 spiro atoms. The van der Waals surface area contributed by atoms with E-state index in [4.69, 9.17) is 0 Å². The third-order valence-electron chi connectivity index (χ3n) is 3.57. The Morgan fingerprint density at radius 2 is 1.78 bits per heavy atom. The van der Waals surface area contributed by atoms with Crippen molar-refractivity contribution in [1.29, 1.82) is 0 Å². The van der Waals surface area contributed by atoms with E-state index in [1.54, 1.807) is 18.2 Å². The fourth-order valence-electron chi connectivity index (χ4n) is 2.38. The number of fused-ring (bicyclic) bond motifs is 1. The van der Waals surface area contributed by atoms with Crippen LogP contribution in [0.1, 0.15) is 18.4 Å². The molecule has 1 N–H and O–H groups in total. The minimum absolute atomic E-state index is 0.201. The number of aromatic nitrogens is 2. The van der Waals surface area contributed by atoms with E-state index in [-0.39, 0.29) is 4.90 Å². The number of hydrogen-bond acceptors (Lipinski definition) is 5. The third kappa shape index (κ3) is 3.93. The summed E-state index contributed by atoms with van der Waals surface area (Å²) in [6.45, 7) is 0.420. The van der Waals surface area contributed by atoms with Crippen LogP contribution < -0.4 is 4.72 Å². The van der Waals surface area contributed by atoms with E-state index in [1.165, 1.54) is 5.56 Å². The van der Waals surface area contributed by atoms with Gasteiger partial charge < -0.3 is 0 Å². The first-order chi connectivity index (χ1) is 11.2. The Kier molecular flexibility index (Phi) is 5.00. The SMILES string of the molecule is O=S(=O)(NCCCCc1ccccc1)c1cccc2nsnc12. The smallest absolute Gasteiger partial charge is 0.211 e. The van der Waals surface area contributed by atoms with E-state index in [0.29, 0.717) is 17.6 Å². The summed E-state index contributed by atoms with van der Waals surface area (Å²) in [4.78, 5) is 0.201. The second-order valence-corrected chi connectivity index (χ2v) is 7.49. The topological polar surface area (TPSA) is 72.0 Å². The van der Waals surface area contributed by atoms with Crippen LogP contribution in [0, 0.1) is 0 Å². The molecule has 2 aromatic carbocycles. The molecule has 0 radical (unpaired) electrons. The summed E-state index contributed by atoms with van der Waals surface area (Å²) in [6, 6.07) is 15.2. The molecule has 0 aliphatic carbocycles. The lowest BCUT2D eigenvalue weighted by Gasteiger charge is -2.07. The van der Waals surface area contributed by atoms with Crippen LogP contribution in [0.4, 0.5) is 0 Å². The predicted octanol–water partition coefficient (Wildman–Crippen LogP) is 2.99. The van der Waals surface area contributed by atoms with Gasteiger partial charge in [-0.15, -0.1) is 0 Å². The van der Waals surface area contributed by atoms with Gasteiger partial charge in [-0.05, 0) is 37.0 Å². The van der Waals surface area contributed by atoms with E-state index in [9.17, 15) is 8.42 Å². The van der Waals surface area contributed by atoms with Gasteiger partial charge in [0.2, 0.25) is 10.0 Å². The predicted molar refractivity (Wildman–Crippen MR) is 92.0 cm³/mol. The average Bonchev–Trinajstić information content (AvgIpc) is 3.04. The van der Waals surface area contributed by atoms with Gasteiger partial charge >= 0.3 is 0 Å². The molecule has 0 atom stereocenters. The van der Waals surface area contributed by atoms with Crippen molar-refractivity contribution < 1.29 is 8.42 Å². The van der Waals surface area contributed by atoms with Crippen LogP contribution in [0.3, 0.4) is 0 Å². The number of sulfonamides is 1. The van der Waals surface area contributed by atoms with Crippen molar-refractivity contribution in [3.8, 4) is 0 Å². The van der Waals surface area contributed by atoms with Crippen molar-refractivity contribution in [2.75, 3.05) is 6.54 Å². The molecule has 1 aromatic heterocycles. The second kappa shape index (κ2) is 7.16. The van der Waals surface area contributed by atoms with Gasteiger partial charge in [0.15, 0.2) is 0 Å². The summed E-state index contributed by atoms with van der Waals surface area (Å²) in [5.41, 5.74) is 2.32. The third-order valence-corrected chi connectivity index (χ3v) is 5.60. The van der Waals surface area contributed by atoms with Gasteiger partial charge in [0, 0.05) is 6.54 Å². The van der Waals surface area contributed by atoms with Gasteiger partial charge in [0.1, 0.15) is 15.9 Å². The van der Waals surface area contributed by atoms with Crippen LogP contribution in [0.5, 0.6) is 0 Å². The Hall–Kier alpha value is -1.83. The van der Waals surface area contributed by atoms with Gasteiger partial charge in [-0.3, -0.25) is 0 Å². The standard InChI is InChI=1S/C16H17N3O2S2/c20-23(21,15-11-6-10-14-16(15)19-22-18-14)17-12-5-4-9-13-7-2-1-3-8-13/h1-3,6-8,10-11,17H,4-5,9,12H2. The maximum atomic E-state index is 12.4. The molecule has 3 rings (SSSR count). The fourth-order valence-corrected chi connectivity index (χ4v) is 4.22. The summed E-state index contributed by atoms with van der Waals surface area (Å²) in [5.74, 6) is 0. The maximum Gasteiger partial charge on any atom is 0.242 e. The van der Waals surface area contributed by atoms with Crippen molar-refractivity contribution in [3.63, 3.8) is 0 Å². The van der Waals surface area contributed by atoms with Crippen LogP contribution in [-0.4, -0.2) is 23.7 Å². The zero-order chi connectivity index (χ0) is 16.1. The van der Waals surface area contributed by atoms with Gasteiger partial charge in [-0.1, -0.05) is 36.4 Å². The lowest BCUT2D eigenvalue weighted by Crippen LogP contribution is -2.25. The number of nitrogens with zero attached hydrogens (tertiary/aromatic N) is 2. The zero-order valence-electron chi connectivity index (χ0n) is 12.5. The molecule has 23 heavy (non-hydrogen) atoms. The van der Waals surface area contributed by atoms with Gasteiger partial charge in [0.05, 0.1) is 11.7 Å². The van der Waals surface area contributed by atoms with Crippen molar-refractivity contribution in [2.45, 2.75) is 24.2 Å². The molecule has 3 aromatic rings. The first-order valence-electron chi connectivity index (χ1n) is 7.42. The summed E-state index contributed by atoms with van der Waals surface area (Å²) in [5, 5.41) is 0. The van der Waals surface area contributed by atoms with Crippen molar-refractivity contribution >= 4 is 32.8 Å². The largest absolute Gasteiger partial charge is 0.242 e. The molecule has 0 fully saturated rings. The summed E-state index contributed by atoms with van der Waals surface area (Å²) in [6.07, 6.45) is 2.68. The number of benzene rings is 2. The Bertz CT molecular complexity index is 876. The molecule has 0 bridgehead atoms. The summed E-state index contributed by atoms with van der Waals surface area (Å²) in [7, 11) is -3.55. The van der Waals surface area contributed by atoms with Crippen LogP contribution in [-0.2, 0) is 16.4 Å². The number of unbranched alkanes of at least 4 members (excludes halogenated alkanes) is 1. The molecule has 0 aliphatic heterocycles. The van der Waals surface area contributed by atoms with E-state index < -0.39 is 10.0 Å². The number of aryl methyl sites for hydroxylation is 1. The highest BCUT2D eigenvalue weighted by molar-refractivity contribution is 7.89. The number of nitrogens with one attached hydrogen (secondary N) is 1. The van der Waals surface area contributed by atoms with Crippen LogP contribution >= 0.6 is 11.7 Å².